The molecular formula is C12H26N2. The van der Waals surface area contributed by atoms with E-state index < -0.39 is 0 Å². The first-order valence-electron chi connectivity index (χ1n) is 5.97. The molecule has 1 aliphatic rings. The lowest BCUT2D eigenvalue weighted by Crippen LogP contribution is -2.43. The van der Waals surface area contributed by atoms with E-state index in [1.807, 2.05) is 0 Å². The summed E-state index contributed by atoms with van der Waals surface area (Å²) in [6.07, 6.45) is 3.75. The molecule has 0 aliphatic carbocycles. The second-order valence-electron chi connectivity index (χ2n) is 5.46. The van der Waals surface area contributed by atoms with Crippen LogP contribution in [-0.2, 0) is 0 Å². The Bertz CT molecular complexity index is 177. The molecule has 2 unspecified atom stereocenters. The summed E-state index contributed by atoms with van der Waals surface area (Å²) in [6.45, 7) is 11.7. The molecule has 84 valence electrons. The summed E-state index contributed by atoms with van der Waals surface area (Å²) in [4.78, 5) is 2.56. The lowest BCUT2D eigenvalue weighted by molar-refractivity contribution is 0.114. The molecule has 0 aromatic heterocycles. The van der Waals surface area contributed by atoms with Crippen LogP contribution in [0.2, 0.25) is 0 Å². The fraction of sp³-hybridized carbons (Fsp3) is 1.00. The molecule has 0 bridgehead atoms. The van der Waals surface area contributed by atoms with Gasteiger partial charge in [-0.25, -0.2) is 0 Å². The van der Waals surface area contributed by atoms with Crippen molar-refractivity contribution < 1.29 is 0 Å². The Hall–Kier alpha value is -0.0800. The topological polar surface area (TPSA) is 29.3 Å². The van der Waals surface area contributed by atoms with Gasteiger partial charge in [0.1, 0.15) is 0 Å². The van der Waals surface area contributed by atoms with Gasteiger partial charge in [0.25, 0.3) is 0 Å². The van der Waals surface area contributed by atoms with E-state index in [2.05, 4.69) is 32.6 Å². The first kappa shape index (κ1) is 12.0. The van der Waals surface area contributed by atoms with Crippen LogP contribution in [0.25, 0.3) is 0 Å². The Labute approximate surface area is 88.8 Å². The van der Waals surface area contributed by atoms with Crippen molar-refractivity contribution in [2.24, 2.45) is 11.1 Å². The van der Waals surface area contributed by atoms with E-state index in [0.717, 1.165) is 6.54 Å². The minimum atomic E-state index is 0.412. The quantitative estimate of drug-likeness (QED) is 0.750. The second-order valence-corrected chi connectivity index (χ2v) is 5.46. The van der Waals surface area contributed by atoms with E-state index in [1.54, 1.807) is 0 Å². The zero-order valence-electron chi connectivity index (χ0n) is 10.2. The monoisotopic (exact) mass is 198 g/mol. The molecule has 2 nitrogen and oxygen atoms in total. The van der Waals surface area contributed by atoms with Gasteiger partial charge in [-0.1, -0.05) is 27.2 Å². The first-order chi connectivity index (χ1) is 6.47. The van der Waals surface area contributed by atoms with Crippen molar-refractivity contribution in [2.45, 2.75) is 59.0 Å². The Morgan fingerprint density at radius 1 is 1.50 bits per heavy atom. The SMILES string of the molecule is CCCC(C)(C)C(C)N1CCC(N)C1. The Morgan fingerprint density at radius 3 is 2.57 bits per heavy atom. The first-order valence-corrected chi connectivity index (χ1v) is 5.97. The molecule has 0 spiro atoms. The number of hydrogen-bond donors (Lipinski definition) is 1. The van der Waals surface area contributed by atoms with Gasteiger partial charge in [-0.3, -0.25) is 4.90 Å². The van der Waals surface area contributed by atoms with Crippen molar-refractivity contribution in [2.75, 3.05) is 13.1 Å². The molecule has 2 heteroatoms. The lowest BCUT2D eigenvalue weighted by Gasteiger charge is -2.38. The van der Waals surface area contributed by atoms with Crippen LogP contribution in [0.5, 0.6) is 0 Å². The van der Waals surface area contributed by atoms with Gasteiger partial charge < -0.3 is 5.73 Å². The van der Waals surface area contributed by atoms with Gasteiger partial charge >= 0.3 is 0 Å². The average molecular weight is 198 g/mol. The molecule has 0 amide bonds. The molecule has 2 N–H and O–H groups in total. The minimum absolute atomic E-state index is 0.412. The average Bonchev–Trinajstić information content (AvgIpc) is 2.50. The van der Waals surface area contributed by atoms with E-state index in [9.17, 15) is 0 Å². The molecule has 14 heavy (non-hydrogen) atoms. The van der Waals surface area contributed by atoms with Crippen molar-refractivity contribution in [1.82, 2.24) is 4.90 Å². The van der Waals surface area contributed by atoms with Gasteiger partial charge in [0.15, 0.2) is 0 Å². The Morgan fingerprint density at radius 2 is 2.14 bits per heavy atom. The molecule has 1 rings (SSSR count). The second kappa shape index (κ2) is 4.63. The van der Waals surface area contributed by atoms with E-state index in [1.165, 1.54) is 25.8 Å². The maximum Gasteiger partial charge on any atom is 0.0180 e. The zero-order chi connectivity index (χ0) is 10.8. The maximum absolute atomic E-state index is 5.94. The predicted octanol–water partition coefficient (Wildman–Crippen LogP) is 2.23. The number of nitrogens with zero attached hydrogens (tertiary/aromatic N) is 1. The third-order valence-electron chi connectivity index (χ3n) is 3.83. The molecule has 1 heterocycles. The fourth-order valence-electron chi connectivity index (χ4n) is 2.51. The molecule has 2 atom stereocenters. The molecule has 0 aromatic rings. The van der Waals surface area contributed by atoms with Crippen molar-refractivity contribution in [3.8, 4) is 0 Å². The van der Waals surface area contributed by atoms with Gasteiger partial charge in [-0.2, -0.15) is 0 Å². The standard InChI is InChI=1S/C12H26N2/c1-5-7-12(3,4)10(2)14-8-6-11(13)9-14/h10-11H,5-9,13H2,1-4H3. The summed E-state index contributed by atoms with van der Waals surface area (Å²) < 4.78 is 0. The van der Waals surface area contributed by atoms with Gasteiger partial charge in [0, 0.05) is 25.2 Å². The van der Waals surface area contributed by atoms with E-state index >= 15 is 0 Å². The van der Waals surface area contributed by atoms with E-state index in [-0.39, 0.29) is 0 Å². The van der Waals surface area contributed by atoms with Crippen LogP contribution < -0.4 is 5.73 Å². The molecular weight excluding hydrogens is 172 g/mol. The third kappa shape index (κ3) is 2.71. The number of rotatable bonds is 4. The molecule has 0 aromatic carbocycles. The fourth-order valence-corrected chi connectivity index (χ4v) is 2.51. The molecule has 1 aliphatic heterocycles. The number of likely N-dealkylation sites (tertiary alicyclic amines) is 1. The highest BCUT2D eigenvalue weighted by Crippen LogP contribution is 2.31. The number of hydrogen-bond acceptors (Lipinski definition) is 2. The molecule has 0 saturated carbocycles. The van der Waals surface area contributed by atoms with Crippen LogP contribution in [0.3, 0.4) is 0 Å². The smallest absolute Gasteiger partial charge is 0.0180 e. The van der Waals surface area contributed by atoms with Crippen molar-refractivity contribution in [3.63, 3.8) is 0 Å². The van der Waals surface area contributed by atoms with Crippen LogP contribution in [0, 0.1) is 5.41 Å². The number of nitrogens with two attached hydrogens (primary N) is 1. The molecule has 0 radical (unpaired) electrons. The van der Waals surface area contributed by atoms with Crippen molar-refractivity contribution in [1.29, 1.82) is 0 Å². The van der Waals surface area contributed by atoms with Crippen molar-refractivity contribution >= 4 is 0 Å². The summed E-state index contributed by atoms with van der Waals surface area (Å²) in [6, 6.07) is 1.07. The van der Waals surface area contributed by atoms with Crippen molar-refractivity contribution in [3.05, 3.63) is 0 Å². The third-order valence-corrected chi connectivity index (χ3v) is 3.83. The summed E-state index contributed by atoms with van der Waals surface area (Å²) in [5.74, 6) is 0. The summed E-state index contributed by atoms with van der Waals surface area (Å²) in [5.41, 5.74) is 6.37. The van der Waals surface area contributed by atoms with Gasteiger partial charge in [-0.15, -0.1) is 0 Å². The maximum atomic E-state index is 5.94. The Balaban J connectivity index is 2.51. The summed E-state index contributed by atoms with van der Waals surface area (Å²) in [5, 5.41) is 0. The minimum Gasteiger partial charge on any atom is -0.326 e. The van der Waals surface area contributed by atoms with Crippen LogP contribution in [0.15, 0.2) is 0 Å². The molecule has 1 fully saturated rings. The summed E-state index contributed by atoms with van der Waals surface area (Å²) in [7, 11) is 0. The summed E-state index contributed by atoms with van der Waals surface area (Å²) >= 11 is 0. The highest BCUT2D eigenvalue weighted by atomic mass is 15.2. The van der Waals surface area contributed by atoms with Crippen LogP contribution in [-0.4, -0.2) is 30.1 Å². The highest BCUT2D eigenvalue weighted by molar-refractivity contribution is 4.88. The normalized spacial score (nSPS) is 26.8. The molecule has 1 saturated heterocycles. The predicted molar refractivity (Wildman–Crippen MR) is 62.3 cm³/mol. The van der Waals surface area contributed by atoms with Gasteiger partial charge in [0.2, 0.25) is 0 Å². The zero-order valence-corrected chi connectivity index (χ0v) is 10.2. The Kier molecular flexibility index (Phi) is 3.96. The van der Waals surface area contributed by atoms with Crippen LogP contribution >= 0.6 is 0 Å². The lowest BCUT2D eigenvalue weighted by atomic mass is 9.80. The van der Waals surface area contributed by atoms with Crippen LogP contribution in [0.1, 0.15) is 47.0 Å². The highest BCUT2D eigenvalue weighted by Gasteiger charge is 2.32. The largest absolute Gasteiger partial charge is 0.326 e. The van der Waals surface area contributed by atoms with E-state index in [0.29, 0.717) is 17.5 Å². The van der Waals surface area contributed by atoms with Crippen LogP contribution in [0.4, 0.5) is 0 Å². The van der Waals surface area contributed by atoms with Gasteiger partial charge in [0.05, 0.1) is 0 Å². The van der Waals surface area contributed by atoms with Gasteiger partial charge in [-0.05, 0) is 25.2 Å². The van der Waals surface area contributed by atoms with E-state index in [4.69, 9.17) is 5.73 Å².